The van der Waals surface area contributed by atoms with Crippen molar-refractivity contribution < 1.29 is 0 Å². The number of hydrogen-bond donors (Lipinski definition) is 1. The van der Waals surface area contributed by atoms with E-state index in [1.165, 1.54) is 0 Å². The van der Waals surface area contributed by atoms with Crippen molar-refractivity contribution in [3.05, 3.63) is 36.3 Å². The van der Waals surface area contributed by atoms with E-state index >= 15 is 0 Å². The van der Waals surface area contributed by atoms with Gasteiger partial charge in [-0.2, -0.15) is 5.26 Å². The number of nitrogens with one attached hydrogen (secondary N) is 1. The maximum atomic E-state index is 8.55. The van der Waals surface area contributed by atoms with Crippen LogP contribution < -0.4 is 10.2 Å². The molecule has 0 bridgehead atoms. The molecule has 2 heterocycles. The SMILES string of the molecule is Cc1nc(NCCC#N)cc(N(C)c2ccccn2)n1. The van der Waals surface area contributed by atoms with Crippen LogP contribution in [-0.2, 0) is 0 Å². The number of pyridine rings is 1. The van der Waals surface area contributed by atoms with Gasteiger partial charge in [0.1, 0.15) is 23.3 Å². The summed E-state index contributed by atoms with van der Waals surface area (Å²) in [5.41, 5.74) is 0. The Balaban J connectivity index is 2.21. The minimum Gasteiger partial charge on any atom is -0.369 e. The molecule has 0 radical (unpaired) electrons. The van der Waals surface area contributed by atoms with Crippen LogP contribution in [0, 0.1) is 18.3 Å². The predicted octanol–water partition coefficient (Wildman–Crippen LogP) is 2.27. The second kappa shape index (κ2) is 6.48. The van der Waals surface area contributed by atoms with Crippen molar-refractivity contribution in [2.24, 2.45) is 0 Å². The third kappa shape index (κ3) is 3.42. The fourth-order valence-electron chi connectivity index (χ4n) is 1.73. The van der Waals surface area contributed by atoms with Crippen molar-refractivity contribution in [1.29, 1.82) is 5.26 Å². The Labute approximate surface area is 118 Å². The highest BCUT2D eigenvalue weighted by atomic mass is 15.2. The molecule has 0 saturated heterocycles. The molecule has 2 rings (SSSR count). The minimum absolute atomic E-state index is 0.439. The Kier molecular flexibility index (Phi) is 4.45. The highest BCUT2D eigenvalue weighted by Gasteiger charge is 2.09. The molecule has 1 N–H and O–H groups in total. The van der Waals surface area contributed by atoms with Crippen molar-refractivity contribution in [2.75, 3.05) is 23.8 Å². The zero-order valence-electron chi connectivity index (χ0n) is 11.5. The monoisotopic (exact) mass is 268 g/mol. The third-order valence-electron chi connectivity index (χ3n) is 2.70. The lowest BCUT2D eigenvalue weighted by molar-refractivity contribution is 0.979. The molecule has 102 valence electrons. The van der Waals surface area contributed by atoms with Gasteiger partial charge < -0.3 is 10.2 Å². The molecular weight excluding hydrogens is 252 g/mol. The molecular formula is C14H16N6. The third-order valence-corrected chi connectivity index (χ3v) is 2.70. The maximum absolute atomic E-state index is 8.55. The van der Waals surface area contributed by atoms with Gasteiger partial charge in [-0.05, 0) is 19.1 Å². The highest BCUT2D eigenvalue weighted by Crippen LogP contribution is 2.21. The van der Waals surface area contributed by atoms with Gasteiger partial charge in [-0.15, -0.1) is 0 Å². The van der Waals surface area contributed by atoms with E-state index in [0.29, 0.717) is 24.6 Å². The zero-order chi connectivity index (χ0) is 14.4. The lowest BCUT2D eigenvalue weighted by atomic mass is 10.4. The summed E-state index contributed by atoms with van der Waals surface area (Å²) in [6.45, 7) is 2.41. The van der Waals surface area contributed by atoms with E-state index in [-0.39, 0.29) is 0 Å². The molecule has 0 saturated carbocycles. The van der Waals surface area contributed by atoms with E-state index in [1.54, 1.807) is 6.20 Å². The van der Waals surface area contributed by atoms with Crippen LogP contribution in [0.3, 0.4) is 0 Å². The van der Waals surface area contributed by atoms with Gasteiger partial charge in [0, 0.05) is 25.9 Å². The van der Waals surface area contributed by atoms with E-state index < -0.39 is 0 Å². The first kappa shape index (κ1) is 13.7. The number of nitriles is 1. The summed E-state index contributed by atoms with van der Waals surface area (Å²) in [7, 11) is 1.91. The summed E-state index contributed by atoms with van der Waals surface area (Å²) < 4.78 is 0. The van der Waals surface area contributed by atoms with Crippen LogP contribution in [0.25, 0.3) is 0 Å². The normalized spacial score (nSPS) is 9.85. The predicted molar refractivity (Wildman–Crippen MR) is 77.8 cm³/mol. The molecule has 0 spiro atoms. The van der Waals surface area contributed by atoms with Crippen molar-refractivity contribution in [1.82, 2.24) is 15.0 Å². The first-order valence-corrected chi connectivity index (χ1v) is 6.32. The van der Waals surface area contributed by atoms with E-state index in [1.807, 2.05) is 43.1 Å². The average molecular weight is 268 g/mol. The van der Waals surface area contributed by atoms with Crippen LogP contribution >= 0.6 is 0 Å². The molecule has 0 aliphatic carbocycles. The number of rotatable bonds is 5. The highest BCUT2D eigenvalue weighted by molar-refractivity contribution is 5.58. The lowest BCUT2D eigenvalue weighted by Gasteiger charge is -2.18. The summed E-state index contributed by atoms with van der Waals surface area (Å²) in [6, 6.07) is 9.65. The van der Waals surface area contributed by atoms with Crippen LogP contribution in [-0.4, -0.2) is 28.5 Å². The van der Waals surface area contributed by atoms with Gasteiger partial charge >= 0.3 is 0 Å². The summed E-state index contributed by atoms with van der Waals surface area (Å²) in [6.07, 6.45) is 2.18. The van der Waals surface area contributed by atoms with Gasteiger partial charge in [0.05, 0.1) is 12.5 Å². The molecule has 0 amide bonds. The molecule has 2 aromatic heterocycles. The first-order valence-electron chi connectivity index (χ1n) is 6.32. The summed E-state index contributed by atoms with van der Waals surface area (Å²) in [5.74, 6) is 2.96. The van der Waals surface area contributed by atoms with E-state index in [9.17, 15) is 0 Å². The van der Waals surface area contributed by atoms with E-state index in [0.717, 1.165) is 11.6 Å². The standard InChI is InChI=1S/C14H16N6/c1-11-18-12(16-9-5-7-15)10-14(19-11)20(2)13-6-3-4-8-17-13/h3-4,6,8,10H,5,9H2,1-2H3,(H,16,18,19). The van der Waals surface area contributed by atoms with Gasteiger partial charge in [-0.1, -0.05) is 6.07 Å². The zero-order valence-corrected chi connectivity index (χ0v) is 11.5. The topological polar surface area (TPSA) is 77.7 Å². The number of hydrogen-bond acceptors (Lipinski definition) is 6. The molecule has 20 heavy (non-hydrogen) atoms. The Bertz CT molecular complexity index is 605. The minimum atomic E-state index is 0.439. The van der Waals surface area contributed by atoms with Crippen LogP contribution in [0.4, 0.5) is 17.5 Å². The molecule has 0 atom stereocenters. The van der Waals surface area contributed by atoms with Gasteiger partial charge in [0.2, 0.25) is 0 Å². The fourth-order valence-corrected chi connectivity index (χ4v) is 1.73. The second-order valence-corrected chi connectivity index (χ2v) is 4.24. The van der Waals surface area contributed by atoms with Crippen molar-refractivity contribution in [2.45, 2.75) is 13.3 Å². The van der Waals surface area contributed by atoms with E-state index in [2.05, 4.69) is 26.3 Å². The van der Waals surface area contributed by atoms with E-state index in [4.69, 9.17) is 5.26 Å². The molecule has 0 fully saturated rings. The molecule has 0 aliphatic rings. The fraction of sp³-hybridized carbons (Fsp3) is 0.286. The number of aryl methyl sites for hydroxylation is 1. The quantitative estimate of drug-likeness (QED) is 0.838. The van der Waals surface area contributed by atoms with Crippen molar-refractivity contribution in [3.8, 4) is 6.07 Å². The Morgan fingerprint density at radius 3 is 2.85 bits per heavy atom. The number of aromatic nitrogens is 3. The Hall–Kier alpha value is -2.68. The average Bonchev–Trinajstić information content (AvgIpc) is 2.47. The molecule has 0 aromatic carbocycles. The van der Waals surface area contributed by atoms with Crippen LogP contribution in [0.15, 0.2) is 30.5 Å². The maximum Gasteiger partial charge on any atom is 0.139 e. The van der Waals surface area contributed by atoms with Crippen molar-refractivity contribution in [3.63, 3.8) is 0 Å². The molecule has 6 heteroatoms. The summed E-state index contributed by atoms with van der Waals surface area (Å²) in [4.78, 5) is 14.9. The molecule has 6 nitrogen and oxygen atoms in total. The van der Waals surface area contributed by atoms with Gasteiger partial charge in [0.25, 0.3) is 0 Å². The Morgan fingerprint density at radius 2 is 2.15 bits per heavy atom. The van der Waals surface area contributed by atoms with Gasteiger partial charge in [-0.3, -0.25) is 0 Å². The van der Waals surface area contributed by atoms with Gasteiger partial charge in [-0.25, -0.2) is 15.0 Å². The molecule has 0 aliphatic heterocycles. The van der Waals surface area contributed by atoms with Crippen LogP contribution in [0.2, 0.25) is 0 Å². The second-order valence-electron chi connectivity index (χ2n) is 4.24. The van der Waals surface area contributed by atoms with Crippen LogP contribution in [0.5, 0.6) is 0 Å². The van der Waals surface area contributed by atoms with Crippen molar-refractivity contribution >= 4 is 17.5 Å². The van der Waals surface area contributed by atoms with Crippen LogP contribution in [0.1, 0.15) is 12.2 Å². The largest absolute Gasteiger partial charge is 0.369 e. The lowest BCUT2D eigenvalue weighted by Crippen LogP contribution is -2.14. The first-order chi connectivity index (χ1) is 9.70. The van der Waals surface area contributed by atoms with Gasteiger partial charge in [0.15, 0.2) is 0 Å². The number of nitrogens with zero attached hydrogens (tertiary/aromatic N) is 5. The summed E-state index contributed by atoms with van der Waals surface area (Å²) >= 11 is 0. The summed E-state index contributed by atoms with van der Waals surface area (Å²) in [5, 5.41) is 11.7. The molecule has 0 unspecified atom stereocenters. The smallest absolute Gasteiger partial charge is 0.139 e. The molecule has 2 aromatic rings. The number of anilines is 3. The Morgan fingerprint density at radius 1 is 1.30 bits per heavy atom.